The number of para-hydroxylation sites is 1. The summed E-state index contributed by atoms with van der Waals surface area (Å²) in [6.45, 7) is 0. The van der Waals surface area contributed by atoms with Gasteiger partial charge in [0.05, 0.1) is 0 Å². The van der Waals surface area contributed by atoms with Gasteiger partial charge < -0.3 is 10.5 Å². The molecule has 0 radical (unpaired) electrons. The summed E-state index contributed by atoms with van der Waals surface area (Å²) in [6, 6.07) is 15.1. The normalized spacial score (nSPS) is 9.59. The Bertz CT molecular complexity index is 541. The second-order valence-electron chi connectivity index (χ2n) is 3.66. The largest absolute Gasteiger partial charge is 0.457 e. The molecule has 0 heterocycles. The first kappa shape index (κ1) is 11.1. The summed E-state index contributed by atoms with van der Waals surface area (Å²) >= 11 is 0. The predicted octanol–water partition coefficient (Wildman–Crippen LogP) is 3.24. The number of hydrogen-bond acceptors (Lipinski definition) is 2. The average Bonchev–Trinajstić information content (AvgIpc) is 2.34. The Hall–Kier alpha value is -2.40. The quantitative estimate of drug-likeness (QED) is 0.640. The number of benzene rings is 2. The van der Waals surface area contributed by atoms with Gasteiger partial charge in [0.1, 0.15) is 11.5 Å². The van der Waals surface area contributed by atoms with Crippen LogP contribution in [-0.4, -0.2) is 0 Å². The Kier molecular flexibility index (Phi) is 3.32. The van der Waals surface area contributed by atoms with Gasteiger partial charge in [0, 0.05) is 17.7 Å². The van der Waals surface area contributed by atoms with E-state index >= 15 is 0 Å². The molecule has 0 saturated heterocycles. The molecule has 2 aromatic rings. The number of hydrogen-bond donors (Lipinski definition) is 1. The SMILES string of the molecule is C#CCc1cc(N)ccc1Oc1ccccc1. The molecule has 17 heavy (non-hydrogen) atoms. The van der Waals surface area contributed by atoms with Crippen molar-refractivity contribution in [3.63, 3.8) is 0 Å². The molecule has 0 bridgehead atoms. The molecule has 2 nitrogen and oxygen atoms in total. The maximum absolute atomic E-state index is 5.77. The van der Waals surface area contributed by atoms with E-state index in [9.17, 15) is 0 Å². The van der Waals surface area contributed by atoms with Crippen molar-refractivity contribution in [2.45, 2.75) is 6.42 Å². The summed E-state index contributed by atoms with van der Waals surface area (Å²) in [5.74, 6) is 4.14. The Morgan fingerprint density at radius 3 is 2.59 bits per heavy atom. The maximum atomic E-state index is 5.77. The van der Waals surface area contributed by atoms with Crippen LogP contribution in [0.25, 0.3) is 0 Å². The van der Waals surface area contributed by atoms with Gasteiger partial charge in [-0.1, -0.05) is 18.2 Å². The van der Waals surface area contributed by atoms with Gasteiger partial charge in [0.25, 0.3) is 0 Å². The van der Waals surface area contributed by atoms with Crippen molar-refractivity contribution in [3.8, 4) is 23.8 Å². The van der Waals surface area contributed by atoms with Crippen molar-refractivity contribution < 1.29 is 4.74 Å². The summed E-state index contributed by atoms with van der Waals surface area (Å²) in [4.78, 5) is 0. The lowest BCUT2D eigenvalue weighted by molar-refractivity contribution is 0.478. The first-order valence-electron chi connectivity index (χ1n) is 5.34. The van der Waals surface area contributed by atoms with Gasteiger partial charge in [0.15, 0.2) is 0 Å². The monoisotopic (exact) mass is 223 g/mol. The van der Waals surface area contributed by atoms with Gasteiger partial charge in [0.2, 0.25) is 0 Å². The fourth-order valence-corrected chi connectivity index (χ4v) is 1.56. The first-order chi connectivity index (χ1) is 8.29. The highest BCUT2D eigenvalue weighted by Crippen LogP contribution is 2.27. The van der Waals surface area contributed by atoms with E-state index in [0.29, 0.717) is 12.1 Å². The van der Waals surface area contributed by atoms with Gasteiger partial charge in [-0.05, 0) is 30.3 Å². The van der Waals surface area contributed by atoms with E-state index < -0.39 is 0 Å². The van der Waals surface area contributed by atoms with Crippen molar-refractivity contribution in [1.82, 2.24) is 0 Å². The zero-order chi connectivity index (χ0) is 12.1. The molecule has 0 aliphatic rings. The molecule has 0 saturated carbocycles. The number of nitrogens with two attached hydrogens (primary N) is 1. The van der Waals surface area contributed by atoms with Crippen LogP contribution in [0.5, 0.6) is 11.5 Å². The topological polar surface area (TPSA) is 35.2 Å². The van der Waals surface area contributed by atoms with Crippen LogP contribution >= 0.6 is 0 Å². The van der Waals surface area contributed by atoms with Crippen LogP contribution in [0.3, 0.4) is 0 Å². The van der Waals surface area contributed by atoms with Gasteiger partial charge >= 0.3 is 0 Å². The molecule has 0 aliphatic carbocycles. The van der Waals surface area contributed by atoms with E-state index in [1.165, 1.54) is 0 Å². The molecule has 0 aromatic heterocycles. The third-order valence-corrected chi connectivity index (χ3v) is 2.35. The lowest BCUT2D eigenvalue weighted by atomic mass is 10.1. The maximum Gasteiger partial charge on any atom is 0.131 e. The van der Waals surface area contributed by atoms with Crippen LogP contribution in [0.1, 0.15) is 5.56 Å². The summed E-state index contributed by atoms with van der Waals surface area (Å²) in [6.07, 6.45) is 5.83. The van der Waals surface area contributed by atoms with Crippen LogP contribution in [0, 0.1) is 12.3 Å². The van der Waals surface area contributed by atoms with E-state index in [0.717, 1.165) is 17.1 Å². The number of terminal acetylenes is 1. The zero-order valence-electron chi connectivity index (χ0n) is 9.39. The third kappa shape index (κ3) is 2.79. The van der Waals surface area contributed by atoms with Gasteiger partial charge in [-0.15, -0.1) is 12.3 Å². The van der Waals surface area contributed by atoms with E-state index in [-0.39, 0.29) is 0 Å². The van der Waals surface area contributed by atoms with E-state index in [4.69, 9.17) is 16.9 Å². The van der Waals surface area contributed by atoms with Crippen molar-refractivity contribution >= 4 is 5.69 Å². The molecule has 2 rings (SSSR count). The minimum absolute atomic E-state index is 0.507. The Morgan fingerprint density at radius 1 is 1.12 bits per heavy atom. The fraction of sp³-hybridized carbons (Fsp3) is 0.0667. The zero-order valence-corrected chi connectivity index (χ0v) is 9.39. The molecule has 0 spiro atoms. The molecule has 0 aliphatic heterocycles. The van der Waals surface area contributed by atoms with Crippen LogP contribution in [0.4, 0.5) is 5.69 Å². The van der Waals surface area contributed by atoms with E-state index in [2.05, 4.69) is 5.92 Å². The number of anilines is 1. The molecular formula is C15H13NO. The highest BCUT2D eigenvalue weighted by molar-refractivity contribution is 5.50. The van der Waals surface area contributed by atoms with Crippen molar-refractivity contribution in [2.75, 3.05) is 5.73 Å². The Morgan fingerprint density at radius 2 is 1.88 bits per heavy atom. The number of ether oxygens (including phenoxy) is 1. The minimum atomic E-state index is 0.507. The lowest BCUT2D eigenvalue weighted by Crippen LogP contribution is -1.93. The average molecular weight is 223 g/mol. The second-order valence-corrected chi connectivity index (χ2v) is 3.66. The Balaban J connectivity index is 2.30. The minimum Gasteiger partial charge on any atom is -0.457 e. The molecule has 2 aromatic carbocycles. The second kappa shape index (κ2) is 5.09. The van der Waals surface area contributed by atoms with Crippen LogP contribution in [0.15, 0.2) is 48.5 Å². The molecular weight excluding hydrogens is 210 g/mol. The van der Waals surface area contributed by atoms with Gasteiger partial charge in [-0.25, -0.2) is 0 Å². The molecule has 0 atom stereocenters. The van der Waals surface area contributed by atoms with Crippen LogP contribution in [-0.2, 0) is 6.42 Å². The van der Waals surface area contributed by atoms with Crippen molar-refractivity contribution in [1.29, 1.82) is 0 Å². The molecule has 0 fully saturated rings. The first-order valence-corrected chi connectivity index (χ1v) is 5.34. The van der Waals surface area contributed by atoms with Crippen molar-refractivity contribution in [3.05, 3.63) is 54.1 Å². The molecule has 84 valence electrons. The van der Waals surface area contributed by atoms with Crippen LogP contribution < -0.4 is 10.5 Å². The van der Waals surface area contributed by atoms with Gasteiger partial charge in [-0.3, -0.25) is 0 Å². The molecule has 0 unspecified atom stereocenters. The van der Waals surface area contributed by atoms with E-state index in [1.807, 2.05) is 42.5 Å². The molecule has 2 N–H and O–H groups in total. The lowest BCUT2D eigenvalue weighted by Gasteiger charge is -2.10. The highest BCUT2D eigenvalue weighted by atomic mass is 16.5. The summed E-state index contributed by atoms with van der Waals surface area (Å²) in [5.41, 5.74) is 7.34. The smallest absolute Gasteiger partial charge is 0.131 e. The summed E-state index contributed by atoms with van der Waals surface area (Å²) in [7, 11) is 0. The Labute approximate surface area is 101 Å². The highest BCUT2D eigenvalue weighted by Gasteiger charge is 2.04. The van der Waals surface area contributed by atoms with E-state index in [1.54, 1.807) is 6.07 Å². The molecule has 2 heteroatoms. The summed E-state index contributed by atoms with van der Waals surface area (Å²) in [5, 5.41) is 0. The fourth-order valence-electron chi connectivity index (χ4n) is 1.56. The van der Waals surface area contributed by atoms with Crippen molar-refractivity contribution in [2.24, 2.45) is 0 Å². The standard InChI is InChI=1S/C15H13NO/c1-2-6-12-11-13(16)9-10-15(12)17-14-7-4-3-5-8-14/h1,3-5,7-11H,6,16H2. The third-order valence-electron chi connectivity index (χ3n) is 2.35. The predicted molar refractivity (Wildman–Crippen MR) is 69.9 cm³/mol. The summed E-state index contributed by atoms with van der Waals surface area (Å²) < 4.78 is 5.77. The van der Waals surface area contributed by atoms with Gasteiger partial charge in [-0.2, -0.15) is 0 Å². The number of rotatable bonds is 3. The number of nitrogen functional groups attached to an aromatic ring is 1. The molecule has 0 amide bonds. The van der Waals surface area contributed by atoms with Crippen LogP contribution in [0.2, 0.25) is 0 Å².